The number of aliphatic carboxylic acids is 1. The summed E-state index contributed by atoms with van der Waals surface area (Å²) >= 11 is 0. The van der Waals surface area contributed by atoms with E-state index in [0.717, 1.165) is 5.56 Å². The van der Waals surface area contributed by atoms with E-state index in [4.69, 9.17) is 11.5 Å². The summed E-state index contributed by atoms with van der Waals surface area (Å²) in [4.78, 5) is 62.3. The number of carboxylic acid groups (broad SMARTS) is 1. The van der Waals surface area contributed by atoms with Crippen LogP contribution in [-0.2, 0) is 36.8 Å². The zero-order valence-corrected chi connectivity index (χ0v) is 23.2. The average molecular weight is 570 g/mol. The van der Waals surface area contributed by atoms with Crippen LogP contribution < -0.4 is 27.4 Å². The van der Waals surface area contributed by atoms with Gasteiger partial charge in [0.2, 0.25) is 23.6 Å². The number of benzene rings is 2. The number of aromatic hydroxyl groups is 1. The minimum absolute atomic E-state index is 0.0293. The van der Waals surface area contributed by atoms with E-state index >= 15 is 0 Å². The van der Waals surface area contributed by atoms with Crippen molar-refractivity contribution in [2.24, 2.45) is 17.4 Å². The Morgan fingerprint density at radius 1 is 0.756 bits per heavy atom. The lowest BCUT2D eigenvalue weighted by atomic mass is 10.00. The molecule has 4 amide bonds. The molecule has 0 aliphatic carbocycles. The molecule has 12 nitrogen and oxygen atoms in total. The minimum Gasteiger partial charge on any atom is -0.508 e. The maximum absolute atomic E-state index is 13.5. The van der Waals surface area contributed by atoms with Crippen LogP contribution in [0.15, 0.2) is 54.6 Å². The first-order valence-electron chi connectivity index (χ1n) is 13.3. The molecule has 222 valence electrons. The number of phenols is 1. The molecular weight excluding hydrogens is 530 g/mol. The molecule has 12 heteroatoms. The molecule has 2 aromatic carbocycles. The van der Waals surface area contributed by atoms with Crippen LogP contribution in [0.3, 0.4) is 0 Å². The number of rotatable bonds is 16. The van der Waals surface area contributed by atoms with Gasteiger partial charge < -0.3 is 37.6 Å². The first-order chi connectivity index (χ1) is 19.3. The van der Waals surface area contributed by atoms with Crippen LogP contribution >= 0.6 is 0 Å². The molecule has 4 unspecified atom stereocenters. The van der Waals surface area contributed by atoms with Gasteiger partial charge in [0.25, 0.3) is 0 Å². The van der Waals surface area contributed by atoms with E-state index in [9.17, 15) is 34.2 Å². The van der Waals surface area contributed by atoms with E-state index in [1.54, 1.807) is 12.1 Å². The summed E-state index contributed by atoms with van der Waals surface area (Å²) in [5, 5.41) is 26.8. The SMILES string of the molecule is CC(C)CC(NC(=O)C(Cc1ccc(O)cc1)NC(=O)C(N)Cc1ccccc1)C(=O)NC(CCC(N)=O)C(=O)O. The topological polar surface area (TPSA) is 214 Å². The first-order valence-corrected chi connectivity index (χ1v) is 13.3. The Morgan fingerprint density at radius 3 is 1.85 bits per heavy atom. The number of primary amides is 1. The Bertz CT molecular complexity index is 1190. The largest absolute Gasteiger partial charge is 0.508 e. The molecule has 41 heavy (non-hydrogen) atoms. The summed E-state index contributed by atoms with van der Waals surface area (Å²) in [6.45, 7) is 3.65. The van der Waals surface area contributed by atoms with Gasteiger partial charge in [0, 0.05) is 12.8 Å². The lowest BCUT2D eigenvalue weighted by Gasteiger charge is -2.26. The van der Waals surface area contributed by atoms with Crippen LogP contribution in [0.5, 0.6) is 5.75 Å². The summed E-state index contributed by atoms with van der Waals surface area (Å²) in [6.07, 6.45) is -0.0179. The van der Waals surface area contributed by atoms with Crippen molar-refractivity contribution in [3.63, 3.8) is 0 Å². The number of hydrogen-bond donors (Lipinski definition) is 7. The molecule has 0 aliphatic rings. The second-order valence-electron chi connectivity index (χ2n) is 10.3. The van der Waals surface area contributed by atoms with Gasteiger partial charge >= 0.3 is 5.97 Å². The molecule has 0 aromatic heterocycles. The monoisotopic (exact) mass is 569 g/mol. The van der Waals surface area contributed by atoms with Crippen LogP contribution in [-0.4, -0.2) is 64.0 Å². The van der Waals surface area contributed by atoms with Crippen molar-refractivity contribution in [2.75, 3.05) is 0 Å². The Morgan fingerprint density at radius 2 is 1.29 bits per heavy atom. The second-order valence-corrected chi connectivity index (χ2v) is 10.3. The van der Waals surface area contributed by atoms with Crippen molar-refractivity contribution in [3.8, 4) is 5.75 Å². The van der Waals surface area contributed by atoms with Crippen LogP contribution in [0.1, 0.15) is 44.2 Å². The molecule has 4 atom stereocenters. The average Bonchev–Trinajstić information content (AvgIpc) is 2.91. The molecule has 0 radical (unpaired) electrons. The predicted octanol–water partition coefficient (Wildman–Crippen LogP) is 0.355. The van der Waals surface area contributed by atoms with Gasteiger partial charge in [-0.3, -0.25) is 19.2 Å². The van der Waals surface area contributed by atoms with Gasteiger partial charge in [-0.15, -0.1) is 0 Å². The molecule has 0 saturated heterocycles. The molecule has 0 spiro atoms. The van der Waals surface area contributed by atoms with Gasteiger partial charge in [0.15, 0.2) is 0 Å². The van der Waals surface area contributed by atoms with E-state index in [-0.39, 0.29) is 43.8 Å². The molecule has 0 bridgehead atoms. The molecule has 9 N–H and O–H groups in total. The molecule has 0 heterocycles. The molecule has 2 rings (SSSR count). The highest BCUT2D eigenvalue weighted by Gasteiger charge is 2.31. The van der Waals surface area contributed by atoms with Gasteiger partial charge in [0.1, 0.15) is 23.9 Å². The molecule has 0 saturated carbocycles. The highest BCUT2D eigenvalue weighted by Crippen LogP contribution is 2.13. The highest BCUT2D eigenvalue weighted by molar-refractivity contribution is 5.94. The number of nitrogens with one attached hydrogen (secondary N) is 3. The number of nitrogens with two attached hydrogens (primary N) is 2. The normalized spacial score (nSPS) is 13.9. The minimum atomic E-state index is -1.38. The third kappa shape index (κ3) is 11.7. The Labute approximate surface area is 238 Å². The Kier molecular flexibility index (Phi) is 12.8. The van der Waals surface area contributed by atoms with Crippen LogP contribution in [0.2, 0.25) is 0 Å². The zero-order valence-electron chi connectivity index (χ0n) is 23.2. The summed E-state index contributed by atoms with van der Waals surface area (Å²) in [5.74, 6) is -4.10. The first kappa shape index (κ1) is 32.8. The molecule has 0 aliphatic heterocycles. The standard InChI is InChI=1S/C29H39N5O7/c1-17(2)14-23(27(38)32-22(29(40)41)12-13-25(31)36)34-28(39)24(16-19-8-10-20(35)11-9-19)33-26(37)21(30)15-18-6-4-3-5-7-18/h3-11,17,21-24,35H,12-16,30H2,1-2H3,(H2,31,36)(H,32,38)(H,33,37)(H,34,39)(H,40,41). The Hall–Kier alpha value is -4.45. The van der Waals surface area contributed by atoms with E-state index in [0.29, 0.717) is 5.56 Å². The van der Waals surface area contributed by atoms with Gasteiger partial charge in [-0.1, -0.05) is 56.3 Å². The fourth-order valence-corrected chi connectivity index (χ4v) is 4.11. The number of carbonyl (C=O) groups excluding carboxylic acids is 4. The lowest BCUT2D eigenvalue weighted by molar-refractivity contribution is -0.142. The number of phenolic OH excluding ortho intramolecular Hbond substituents is 1. The van der Waals surface area contributed by atoms with Crippen molar-refractivity contribution in [3.05, 3.63) is 65.7 Å². The van der Waals surface area contributed by atoms with E-state index < -0.39 is 53.8 Å². The van der Waals surface area contributed by atoms with Crippen molar-refractivity contribution in [1.29, 1.82) is 0 Å². The van der Waals surface area contributed by atoms with E-state index in [2.05, 4.69) is 16.0 Å². The quantitative estimate of drug-likeness (QED) is 0.149. The van der Waals surface area contributed by atoms with E-state index in [1.807, 2.05) is 44.2 Å². The van der Waals surface area contributed by atoms with Gasteiger partial charge in [-0.2, -0.15) is 0 Å². The van der Waals surface area contributed by atoms with Gasteiger partial charge in [-0.25, -0.2) is 4.79 Å². The lowest BCUT2D eigenvalue weighted by Crippen LogP contribution is -2.58. The number of hydrogen-bond acceptors (Lipinski definition) is 7. The summed E-state index contributed by atoms with van der Waals surface area (Å²) in [6, 6.07) is 10.6. The zero-order chi connectivity index (χ0) is 30.5. The maximum Gasteiger partial charge on any atom is 0.326 e. The number of carboxylic acids is 1. The third-order valence-electron chi connectivity index (χ3n) is 6.28. The van der Waals surface area contributed by atoms with Gasteiger partial charge in [-0.05, 0) is 48.4 Å². The van der Waals surface area contributed by atoms with Crippen molar-refractivity contribution in [2.45, 2.75) is 70.1 Å². The fraction of sp³-hybridized carbons (Fsp3) is 0.414. The van der Waals surface area contributed by atoms with Crippen LogP contribution in [0.4, 0.5) is 0 Å². The van der Waals surface area contributed by atoms with Crippen LogP contribution in [0.25, 0.3) is 0 Å². The highest BCUT2D eigenvalue weighted by atomic mass is 16.4. The van der Waals surface area contributed by atoms with Crippen LogP contribution in [0, 0.1) is 5.92 Å². The smallest absolute Gasteiger partial charge is 0.326 e. The fourth-order valence-electron chi connectivity index (χ4n) is 4.11. The molecule has 2 aromatic rings. The molecule has 0 fully saturated rings. The number of amides is 4. The summed E-state index contributed by atoms with van der Waals surface area (Å²) in [5.41, 5.74) is 12.7. The van der Waals surface area contributed by atoms with Crippen molar-refractivity contribution in [1.82, 2.24) is 16.0 Å². The van der Waals surface area contributed by atoms with E-state index in [1.165, 1.54) is 12.1 Å². The van der Waals surface area contributed by atoms with Gasteiger partial charge in [0.05, 0.1) is 6.04 Å². The Balaban J connectivity index is 2.23. The second kappa shape index (κ2) is 16.0. The number of carbonyl (C=O) groups is 5. The maximum atomic E-state index is 13.5. The summed E-state index contributed by atoms with van der Waals surface area (Å²) in [7, 11) is 0. The summed E-state index contributed by atoms with van der Waals surface area (Å²) < 4.78 is 0. The predicted molar refractivity (Wildman–Crippen MR) is 151 cm³/mol. The molecular formula is C29H39N5O7. The third-order valence-corrected chi connectivity index (χ3v) is 6.28. The van der Waals surface area contributed by atoms with Crippen molar-refractivity contribution >= 4 is 29.6 Å². The van der Waals surface area contributed by atoms with Crippen molar-refractivity contribution < 1.29 is 34.2 Å².